The number of nitrogens with zero attached hydrogens (tertiary/aromatic N) is 2. The van der Waals surface area contributed by atoms with Crippen molar-refractivity contribution in [3.8, 4) is 0 Å². The Morgan fingerprint density at radius 2 is 2.15 bits per heavy atom. The molecule has 1 aromatic carbocycles. The van der Waals surface area contributed by atoms with Gasteiger partial charge in [0.1, 0.15) is 11.6 Å². The summed E-state index contributed by atoms with van der Waals surface area (Å²) in [5.41, 5.74) is 1.07. The molecule has 0 aliphatic carbocycles. The average molecular weight is 364 g/mol. The summed E-state index contributed by atoms with van der Waals surface area (Å²) in [6, 6.07) is 3.14. The summed E-state index contributed by atoms with van der Waals surface area (Å²) in [7, 11) is 1.67. The molecule has 1 atom stereocenters. The van der Waals surface area contributed by atoms with Crippen LogP contribution in [0.4, 0.5) is 4.39 Å². The van der Waals surface area contributed by atoms with Gasteiger partial charge in [0, 0.05) is 13.2 Å². The third kappa shape index (κ3) is 3.00. The second-order valence-electron chi connectivity index (χ2n) is 5.39. The second kappa shape index (κ2) is 5.62. The maximum Gasteiger partial charge on any atom is 0.139 e. The van der Waals surface area contributed by atoms with E-state index in [1.54, 1.807) is 13.2 Å². The van der Waals surface area contributed by atoms with E-state index >= 15 is 0 Å². The number of imidazole rings is 1. The molecular weight excluding hydrogens is 347 g/mol. The molecule has 1 aromatic heterocycles. The number of benzene rings is 1. The topological polar surface area (TPSA) is 27.1 Å². The lowest BCUT2D eigenvalue weighted by Crippen LogP contribution is -2.30. The zero-order valence-electron chi connectivity index (χ0n) is 11.9. The largest absolute Gasteiger partial charge is 0.377 e. The lowest BCUT2D eigenvalue weighted by atomic mass is 10.1. The molecule has 20 heavy (non-hydrogen) atoms. The van der Waals surface area contributed by atoms with Gasteiger partial charge in [-0.25, -0.2) is 9.37 Å². The average Bonchev–Trinajstić information content (AvgIpc) is 2.68. The standard InChI is InChI=1S/C14H17BrClFN2O/c1-8(16)13-18-11-6-10(17)9(15)5-12(11)19(13)7-14(2,3)20-4/h5-6,8H,7H2,1-4H3. The van der Waals surface area contributed by atoms with Crippen molar-refractivity contribution >= 4 is 38.6 Å². The van der Waals surface area contributed by atoms with Crippen LogP contribution in [0.3, 0.4) is 0 Å². The minimum atomic E-state index is -0.366. The van der Waals surface area contributed by atoms with E-state index in [2.05, 4.69) is 20.9 Å². The van der Waals surface area contributed by atoms with Gasteiger partial charge in [0.05, 0.1) is 33.0 Å². The predicted octanol–water partition coefficient (Wildman–Crippen LogP) is 4.66. The van der Waals surface area contributed by atoms with Crippen LogP contribution in [0.25, 0.3) is 11.0 Å². The first kappa shape index (κ1) is 15.7. The predicted molar refractivity (Wildman–Crippen MR) is 82.7 cm³/mol. The summed E-state index contributed by atoms with van der Waals surface area (Å²) in [5.74, 6) is 0.381. The zero-order valence-corrected chi connectivity index (χ0v) is 14.2. The maximum atomic E-state index is 13.6. The van der Waals surface area contributed by atoms with Crippen LogP contribution in [0.15, 0.2) is 16.6 Å². The number of alkyl halides is 1. The second-order valence-corrected chi connectivity index (χ2v) is 6.90. The van der Waals surface area contributed by atoms with Gasteiger partial charge in [-0.3, -0.25) is 0 Å². The van der Waals surface area contributed by atoms with Crippen molar-refractivity contribution in [2.45, 2.75) is 38.3 Å². The van der Waals surface area contributed by atoms with Crippen LogP contribution in [-0.2, 0) is 11.3 Å². The van der Waals surface area contributed by atoms with E-state index < -0.39 is 0 Å². The number of methoxy groups -OCH3 is 1. The van der Waals surface area contributed by atoms with E-state index in [1.807, 2.05) is 25.3 Å². The van der Waals surface area contributed by atoms with Crippen LogP contribution >= 0.6 is 27.5 Å². The number of hydrogen-bond donors (Lipinski definition) is 0. The number of fused-ring (bicyclic) bond motifs is 1. The van der Waals surface area contributed by atoms with Gasteiger partial charge in [0.2, 0.25) is 0 Å². The van der Waals surface area contributed by atoms with Crippen molar-refractivity contribution < 1.29 is 9.13 Å². The number of hydrogen-bond acceptors (Lipinski definition) is 2. The van der Waals surface area contributed by atoms with Crippen molar-refractivity contribution in [2.75, 3.05) is 7.11 Å². The van der Waals surface area contributed by atoms with Gasteiger partial charge >= 0.3 is 0 Å². The first-order valence-electron chi connectivity index (χ1n) is 6.29. The lowest BCUT2D eigenvalue weighted by molar-refractivity contribution is 0.00842. The highest BCUT2D eigenvalue weighted by Crippen LogP contribution is 2.30. The zero-order chi connectivity index (χ0) is 15.1. The third-order valence-electron chi connectivity index (χ3n) is 3.27. The third-order valence-corrected chi connectivity index (χ3v) is 4.07. The first-order valence-corrected chi connectivity index (χ1v) is 7.52. The van der Waals surface area contributed by atoms with Gasteiger partial charge in [-0.15, -0.1) is 11.6 Å². The first-order chi connectivity index (χ1) is 9.25. The van der Waals surface area contributed by atoms with E-state index in [1.165, 1.54) is 6.07 Å². The van der Waals surface area contributed by atoms with Gasteiger partial charge in [-0.2, -0.15) is 0 Å². The molecule has 2 rings (SSSR count). The quantitative estimate of drug-likeness (QED) is 0.739. The van der Waals surface area contributed by atoms with Crippen LogP contribution in [-0.4, -0.2) is 22.3 Å². The van der Waals surface area contributed by atoms with Crippen LogP contribution in [0, 0.1) is 5.82 Å². The molecule has 0 bridgehead atoms. The van der Waals surface area contributed by atoms with E-state index in [0.717, 1.165) is 5.52 Å². The maximum absolute atomic E-state index is 13.6. The molecule has 0 fully saturated rings. The Hall–Kier alpha value is -0.650. The molecule has 3 nitrogen and oxygen atoms in total. The van der Waals surface area contributed by atoms with E-state index in [4.69, 9.17) is 16.3 Å². The molecule has 0 aliphatic heterocycles. The Labute approximate surface area is 131 Å². The van der Waals surface area contributed by atoms with Crippen molar-refractivity contribution in [3.63, 3.8) is 0 Å². The van der Waals surface area contributed by atoms with E-state index in [9.17, 15) is 4.39 Å². The Balaban J connectivity index is 2.65. The van der Waals surface area contributed by atoms with Crippen LogP contribution in [0.5, 0.6) is 0 Å². The molecule has 0 N–H and O–H groups in total. The van der Waals surface area contributed by atoms with E-state index in [0.29, 0.717) is 22.4 Å². The van der Waals surface area contributed by atoms with Gasteiger partial charge in [0.25, 0.3) is 0 Å². The van der Waals surface area contributed by atoms with Crippen LogP contribution in [0.1, 0.15) is 32.0 Å². The molecule has 2 aromatic rings. The summed E-state index contributed by atoms with van der Waals surface area (Å²) in [4.78, 5) is 4.45. The Kier molecular flexibility index (Phi) is 4.42. The fraction of sp³-hybridized carbons (Fsp3) is 0.500. The molecule has 6 heteroatoms. The smallest absolute Gasteiger partial charge is 0.139 e. The van der Waals surface area contributed by atoms with Gasteiger partial charge in [-0.05, 0) is 42.8 Å². The Bertz CT molecular complexity index is 640. The SMILES string of the molecule is COC(C)(C)Cn1c(C(C)Cl)nc2cc(F)c(Br)cc21. The molecule has 0 amide bonds. The van der Waals surface area contributed by atoms with E-state index in [-0.39, 0.29) is 16.8 Å². The molecule has 0 saturated heterocycles. The van der Waals surface area contributed by atoms with Crippen molar-refractivity contribution in [2.24, 2.45) is 0 Å². The summed E-state index contributed by atoms with van der Waals surface area (Å²) in [6.45, 7) is 6.41. The summed E-state index contributed by atoms with van der Waals surface area (Å²) < 4.78 is 21.5. The highest BCUT2D eigenvalue weighted by atomic mass is 79.9. The minimum absolute atomic E-state index is 0.267. The summed E-state index contributed by atoms with van der Waals surface area (Å²) >= 11 is 9.41. The number of aromatic nitrogens is 2. The molecule has 0 radical (unpaired) electrons. The van der Waals surface area contributed by atoms with Crippen LogP contribution in [0.2, 0.25) is 0 Å². The molecule has 0 spiro atoms. The van der Waals surface area contributed by atoms with Gasteiger partial charge in [-0.1, -0.05) is 0 Å². The fourth-order valence-corrected chi connectivity index (χ4v) is 2.55. The highest BCUT2D eigenvalue weighted by Gasteiger charge is 2.23. The van der Waals surface area contributed by atoms with Crippen LogP contribution < -0.4 is 0 Å². The molecular formula is C14H17BrClFN2O. The highest BCUT2D eigenvalue weighted by molar-refractivity contribution is 9.10. The van der Waals surface area contributed by atoms with Gasteiger partial charge in [0.15, 0.2) is 0 Å². The van der Waals surface area contributed by atoms with Crippen molar-refractivity contribution in [1.29, 1.82) is 0 Å². The molecule has 110 valence electrons. The minimum Gasteiger partial charge on any atom is -0.377 e. The monoisotopic (exact) mass is 362 g/mol. The Morgan fingerprint density at radius 3 is 2.70 bits per heavy atom. The molecule has 0 aliphatic rings. The summed E-state index contributed by atoms with van der Waals surface area (Å²) in [5, 5.41) is -0.267. The normalized spacial score (nSPS) is 13.9. The number of halogens is 3. The van der Waals surface area contributed by atoms with Crippen molar-refractivity contribution in [3.05, 3.63) is 28.2 Å². The van der Waals surface area contributed by atoms with Gasteiger partial charge < -0.3 is 9.30 Å². The fourth-order valence-electron chi connectivity index (χ4n) is 2.05. The number of rotatable bonds is 4. The Morgan fingerprint density at radius 1 is 1.50 bits per heavy atom. The number of ether oxygens (including phenoxy) is 1. The molecule has 0 saturated carbocycles. The lowest BCUT2D eigenvalue weighted by Gasteiger charge is -2.25. The van der Waals surface area contributed by atoms with Crippen molar-refractivity contribution in [1.82, 2.24) is 9.55 Å². The molecule has 1 unspecified atom stereocenters. The molecule has 1 heterocycles. The summed E-state index contributed by atoms with van der Waals surface area (Å²) in [6.07, 6.45) is 0.